The van der Waals surface area contributed by atoms with Gasteiger partial charge in [-0.1, -0.05) is 78.4 Å². The molecule has 0 heterocycles. The van der Waals surface area contributed by atoms with Crippen molar-refractivity contribution in [2.45, 2.75) is 29.3 Å². The van der Waals surface area contributed by atoms with Crippen molar-refractivity contribution in [3.05, 3.63) is 102 Å². The van der Waals surface area contributed by atoms with Crippen molar-refractivity contribution in [3.63, 3.8) is 0 Å². The zero-order valence-electron chi connectivity index (χ0n) is 15.5. The number of hydrogen-bond donors (Lipinski definition) is 0. The van der Waals surface area contributed by atoms with E-state index in [0.29, 0.717) is 0 Å². The summed E-state index contributed by atoms with van der Waals surface area (Å²) in [6, 6.07) is 25.1. The van der Waals surface area contributed by atoms with Gasteiger partial charge in [0.15, 0.2) is 5.67 Å². The van der Waals surface area contributed by atoms with E-state index in [1.54, 1.807) is 12.1 Å². The largest absolute Gasteiger partial charge is 0.297 e. The van der Waals surface area contributed by atoms with Crippen molar-refractivity contribution in [2.24, 2.45) is 0 Å². The first-order chi connectivity index (χ1) is 13.4. The Balaban J connectivity index is 1.63. The van der Waals surface area contributed by atoms with Crippen molar-refractivity contribution in [3.8, 4) is 0 Å². The fraction of sp³-hybridized carbons (Fsp3) is 0.217. The predicted molar refractivity (Wildman–Crippen MR) is 106 cm³/mol. The van der Waals surface area contributed by atoms with E-state index < -0.39 is 27.8 Å². The number of hydrogen-bond acceptors (Lipinski definition) is 3. The van der Waals surface area contributed by atoms with Gasteiger partial charge in [-0.2, -0.15) is 8.42 Å². The van der Waals surface area contributed by atoms with E-state index in [2.05, 4.69) is 0 Å². The van der Waals surface area contributed by atoms with E-state index >= 15 is 4.39 Å². The van der Waals surface area contributed by atoms with Crippen molar-refractivity contribution in [1.82, 2.24) is 0 Å². The molecule has 1 aliphatic rings. The SMILES string of the molecule is Cc1ccc(S(=O)(=O)OC[C@]2(F)CC2(c2ccccc2)c2ccccc2)cc1. The molecule has 0 aliphatic heterocycles. The molecule has 0 amide bonds. The molecule has 0 saturated heterocycles. The Morgan fingerprint density at radius 2 is 1.36 bits per heavy atom. The third-order valence-corrected chi connectivity index (χ3v) is 6.75. The van der Waals surface area contributed by atoms with E-state index in [1.807, 2.05) is 67.6 Å². The van der Waals surface area contributed by atoms with Crippen LogP contribution in [0.2, 0.25) is 0 Å². The second-order valence-electron chi connectivity index (χ2n) is 7.31. The van der Waals surface area contributed by atoms with Crippen LogP contribution in [0, 0.1) is 6.92 Å². The molecule has 0 bridgehead atoms. The van der Waals surface area contributed by atoms with Crippen molar-refractivity contribution in [1.29, 1.82) is 0 Å². The molecule has 0 spiro atoms. The number of aryl methyl sites for hydroxylation is 1. The first-order valence-electron chi connectivity index (χ1n) is 9.14. The normalized spacial score (nSPS) is 20.6. The topological polar surface area (TPSA) is 43.4 Å². The second kappa shape index (κ2) is 6.83. The van der Waals surface area contributed by atoms with E-state index in [-0.39, 0.29) is 11.3 Å². The molecule has 5 heteroatoms. The zero-order chi connectivity index (χ0) is 19.8. The molecule has 1 fully saturated rings. The van der Waals surface area contributed by atoms with E-state index in [4.69, 9.17) is 4.18 Å². The van der Waals surface area contributed by atoms with Crippen LogP contribution in [0.4, 0.5) is 4.39 Å². The molecule has 1 saturated carbocycles. The molecule has 3 nitrogen and oxygen atoms in total. The van der Waals surface area contributed by atoms with E-state index in [0.717, 1.165) is 16.7 Å². The van der Waals surface area contributed by atoms with Gasteiger partial charge < -0.3 is 0 Å². The van der Waals surface area contributed by atoms with Crippen molar-refractivity contribution >= 4 is 10.1 Å². The minimum absolute atomic E-state index is 0.0346. The molecule has 3 aromatic rings. The molecule has 0 aromatic heterocycles. The minimum Gasteiger partial charge on any atom is -0.263 e. The van der Waals surface area contributed by atoms with Crippen LogP contribution in [0.15, 0.2) is 89.8 Å². The molecule has 0 N–H and O–H groups in total. The lowest BCUT2D eigenvalue weighted by Gasteiger charge is -2.22. The van der Waals surface area contributed by atoms with Crippen molar-refractivity contribution in [2.75, 3.05) is 6.61 Å². The zero-order valence-corrected chi connectivity index (χ0v) is 16.3. The summed E-state index contributed by atoms with van der Waals surface area (Å²) in [4.78, 5) is 0.0346. The summed E-state index contributed by atoms with van der Waals surface area (Å²) in [6.45, 7) is 1.35. The van der Waals surface area contributed by atoms with Crippen LogP contribution in [0.25, 0.3) is 0 Å². The minimum atomic E-state index is -4.02. The molecule has 1 aliphatic carbocycles. The number of halogens is 1. The van der Waals surface area contributed by atoms with Gasteiger partial charge in [-0.15, -0.1) is 0 Å². The highest BCUT2D eigenvalue weighted by Crippen LogP contribution is 2.64. The fourth-order valence-electron chi connectivity index (χ4n) is 3.83. The van der Waals surface area contributed by atoms with Crippen molar-refractivity contribution < 1.29 is 17.0 Å². The Labute approximate surface area is 164 Å². The van der Waals surface area contributed by atoms with E-state index in [9.17, 15) is 8.42 Å². The van der Waals surface area contributed by atoms with Crippen LogP contribution in [0.5, 0.6) is 0 Å². The van der Waals surface area contributed by atoms with Crippen LogP contribution in [-0.4, -0.2) is 20.7 Å². The lowest BCUT2D eigenvalue weighted by Crippen LogP contribution is -2.27. The molecular formula is C23H21FO3S. The maximum atomic E-state index is 15.9. The molecule has 0 radical (unpaired) electrons. The maximum Gasteiger partial charge on any atom is 0.297 e. The highest BCUT2D eigenvalue weighted by Gasteiger charge is 2.71. The van der Waals surface area contributed by atoms with Gasteiger partial charge >= 0.3 is 0 Å². The second-order valence-corrected chi connectivity index (χ2v) is 8.92. The molecule has 0 unspecified atom stereocenters. The average Bonchev–Trinajstić information content (AvgIpc) is 3.36. The summed E-state index contributed by atoms with van der Waals surface area (Å²) in [5.74, 6) is 0. The predicted octanol–water partition coefficient (Wildman–Crippen LogP) is 4.80. The smallest absolute Gasteiger partial charge is 0.263 e. The molecule has 28 heavy (non-hydrogen) atoms. The van der Waals surface area contributed by atoms with Crippen LogP contribution in [0.3, 0.4) is 0 Å². The Morgan fingerprint density at radius 3 is 1.86 bits per heavy atom. The van der Waals surface area contributed by atoms with Gasteiger partial charge in [0.05, 0.1) is 10.3 Å². The van der Waals surface area contributed by atoms with Gasteiger partial charge in [-0.25, -0.2) is 4.39 Å². The Bertz CT molecular complexity index is 1020. The van der Waals surface area contributed by atoms with Crippen LogP contribution in [0.1, 0.15) is 23.1 Å². The van der Waals surface area contributed by atoms with Gasteiger partial charge in [0.25, 0.3) is 10.1 Å². The third-order valence-electron chi connectivity index (χ3n) is 5.47. The Hall–Kier alpha value is -2.50. The number of rotatable bonds is 6. The highest BCUT2D eigenvalue weighted by molar-refractivity contribution is 7.86. The number of alkyl halides is 1. The summed E-state index contributed by atoms with van der Waals surface area (Å²) in [6.07, 6.45) is 0.178. The van der Waals surface area contributed by atoms with Crippen LogP contribution < -0.4 is 0 Å². The summed E-state index contributed by atoms with van der Waals surface area (Å²) in [5, 5.41) is 0. The highest BCUT2D eigenvalue weighted by atomic mass is 32.2. The monoisotopic (exact) mass is 396 g/mol. The summed E-state index contributed by atoms with van der Waals surface area (Å²) < 4.78 is 46.1. The standard InChI is InChI=1S/C23H21FO3S/c1-18-12-14-21(15-13-18)28(25,26)27-17-22(24)16-23(22,19-8-4-2-5-9-19)20-10-6-3-7-11-20/h2-15H,16-17H2,1H3/t22-/m1/s1. The third kappa shape index (κ3) is 3.15. The quantitative estimate of drug-likeness (QED) is 0.562. The first-order valence-corrected chi connectivity index (χ1v) is 10.5. The molecule has 3 aromatic carbocycles. The maximum absolute atomic E-state index is 15.9. The Morgan fingerprint density at radius 1 is 0.857 bits per heavy atom. The molecular weight excluding hydrogens is 375 g/mol. The molecule has 4 rings (SSSR count). The van der Waals surface area contributed by atoms with Gasteiger partial charge in [0, 0.05) is 6.42 Å². The van der Waals surface area contributed by atoms with Gasteiger partial charge in [-0.05, 0) is 30.2 Å². The summed E-state index contributed by atoms with van der Waals surface area (Å²) in [5.41, 5.74) is -0.124. The number of benzene rings is 3. The molecule has 144 valence electrons. The molecule has 1 atom stereocenters. The summed E-state index contributed by atoms with van der Waals surface area (Å²) in [7, 11) is -4.02. The Kier molecular flexibility index (Phi) is 4.60. The lowest BCUT2D eigenvalue weighted by molar-refractivity contribution is 0.165. The van der Waals surface area contributed by atoms with Gasteiger partial charge in [0.2, 0.25) is 0 Å². The fourth-order valence-corrected chi connectivity index (χ4v) is 4.78. The first kappa shape index (κ1) is 18.8. The van der Waals surface area contributed by atoms with Gasteiger partial charge in [0.1, 0.15) is 6.61 Å². The van der Waals surface area contributed by atoms with Gasteiger partial charge in [-0.3, -0.25) is 4.18 Å². The van der Waals surface area contributed by atoms with Crippen LogP contribution in [-0.2, 0) is 19.7 Å². The summed E-state index contributed by atoms with van der Waals surface area (Å²) >= 11 is 0. The lowest BCUT2D eigenvalue weighted by atomic mass is 9.85. The average molecular weight is 396 g/mol. The van der Waals surface area contributed by atoms with Crippen LogP contribution >= 0.6 is 0 Å². The van der Waals surface area contributed by atoms with E-state index in [1.165, 1.54) is 12.1 Å².